The van der Waals surface area contributed by atoms with E-state index >= 15 is 0 Å². The summed E-state index contributed by atoms with van der Waals surface area (Å²) in [5.41, 5.74) is 0.652. The van der Waals surface area contributed by atoms with E-state index < -0.39 is 22.4 Å². The molecule has 0 aliphatic heterocycles. The molecular formula is C54H76O6. The standard InChI is InChI=1S/2C27H38O3/c2*1-22(12-7-8-13-23(2)16-10-21-28)14-9-15-24(3)17-20-27(30)25(4,5)18-11-19-26(27,6)29/h2*7-10,12-17,20-21,29-30H,11,18-19H2,1-6H3/b2*8-7+,14-9+,16-10+,20-17+,22-12+,23-13+,24-15+. The Kier molecular flexibility index (Phi) is 22.1. The maximum Gasteiger partial charge on any atom is 0.142 e. The first-order valence-corrected chi connectivity index (χ1v) is 21.2. The molecular weight excluding hydrogens is 745 g/mol. The van der Waals surface area contributed by atoms with Crippen molar-refractivity contribution in [3.8, 4) is 0 Å². The Morgan fingerprint density at radius 2 is 0.617 bits per heavy atom. The van der Waals surface area contributed by atoms with Gasteiger partial charge in [-0.15, -0.1) is 0 Å². The molecule has 6 heteroatoms. The Morgan fingerprint density at radius 3 is 0.883 bits per heavy atom. The summed E-state index contributed by atoms with van der Waals surface area (Å²) in [5.74, 6) is 0. The fourth-order valence-corrected chi connectivity index (χ4v) is 7.53. The second-order valence-corrected chi connectivity index (χ2v) is 18.2. The van der Waals surface area contributed by atoms with Gasteiger partial charge < -0.3 is 20.4 Å². The van der Waals surface area contributed by atoms with Gasteiger partial charge in [0, 0.05) is 0 Å². The van der Waals surface area contributed by atoms with Crippen LogP contribution < -0.4 is 0 Å². The SMILES string of the molecule is CC(/C=C/C=O)=C\C=C\C=C(C)\C=C\C=C(C)\C=C\C1(O)C(C)(C)CCCC1(C)O.CC(/C=C/C=O)=C\C=C\C=C(C)\C=C\C=C(C)\C=C\C1(O)C(C)(C)CCCC1(C)O. The molecule has 4 unspecified atom stereocenters. The van der Waals surface area contributed by atoms with E-state index in [4.69, 9.17) is 0 Å². The van der Waals surface area contributed by atoms with Crippen molar-refractivity contribution in [1.29, 1.82) is 0 Å². The molecule has 60 heavy (non-hydrogen) atoms. The summed E-state index contributed by atoms with van der Waals surface area (Å²) >= 11 is 0. The predicted octanol–water partition coefficient (Wildman–Crippen LogP) is 11.9. The van der Waals surface area contributed by atoms with Gasteiger partial charge in [-0.3, -0.25) is 9.59 Å². The lowest BCUT2D eigenvalue weighted by Gasteiger charge is -2.53. The number of allylic oxidation sites excluding steroid dienone is 26. The largest absolute Gasteiger partial charge is 0.387 e. The molecule has 0 amide bonds. The molecule has 0 aromatic carbocycles. The zero-order valence-electron chi connectivity index (χ0n) is 38.7. The van der Waals surface area contributed by atoms with Crippen LogP contribution in [-0.4, -0.2) is 55.4 Å². The number of carbonyl (C=O) groups excluding carboxylic acids is 2. The number of aliphatic hydroxyl groups is 4. The van der Waals surface area contributed by atoms with Crippen LogP contribution in [0.25, 0.3) is 0 Å². The van der Waals surface area contributed by atoms with Crippen LogP contribution in [0.5, 0.6) is 0 Å². The Morgan fingerprint density at radius 1 is 0.367 bits per heavy atom. The zero-order chi connectivity index (χ0) is 45.7. The van der Waals surface area contributed by atoms with Crippen molar-refractivity contribution < 1.29 is 30.0 Å². The number of carbonyl (C=O) groups is 2. The van der Waals surface area contributed by atoms with E-state index in [1.165, 1.54) is 12.2 Å². The zero-order valence-corrected chi connectivity index (χ0v) is 38.7. The van der Waals surface area contributed by atoms with Crippen LogP contribution in [0.15, 0.2) is 167 Å². The van der Waals surface area contributed by atoms with Crippen LogP contribution in [-0.2, 0) is 9.59 Å². The summed E-state index contributed by atoms with van der Waals surface area (Å²) < 4.78 is 0. The van der Waals surface area contributed by atoms with Crippen molar-refractivity contribution in [3.63, 3.8) is 0 Å². The normalized spacial score (nSPS) is 29.0. The van der Waals surface area contributed by atoms with Crippen molar-refractivity contribution in [3.05, 3.63) is 167 Å². The fraction of sp³-hybridized carbons (Fsp3) is 0.444. The molecule has 0 heterocycles. The fourth-order valence-electron chi connectivity index (χ4n) is 7.53. The second kappa shape index (κ2) is 24.7. The Bertz CT molecular complexity index is 1700. The van der Waals surface area contributed by atoms with Gasteiger partial charge in [-0.2, -0.15) is 0 Å². The average molecular weight is 821 g/mol. The van der Waals surface area contributed by atoms with Gasteiger partial charge in [0.05, 0.1) is 11.2 Å². The molecule has 4 atom stereocenters. The molecule has 328 valence electrons. The van der Waals surface area contributed by atoms with Gasteiger partial charge in [0.15, 0.2) is 0 Å². The van der Waals surface area contributed by atoms with Crippen molar-refractivity contribution in [2.45, 2.75) is 144 Å². The lowest BCUT2D eigenvalue weighted by molar-refractivity contribution is -0.194. The first-order valence-electron chi connectivity index (χ1n) is 21.2. The molecule has 0 radical (unpaired) electrons. The van der Waals surface area contributed by atoms with E-state index in [9.17, 15) is 30.0 Å². The molecule has 0 bridgehead atoms. The smallest absolute Gasteiger partial charge is 0.142 e. The summed E-state index contributed by atoms with van der Waals surface area (Å²) in [7, 11) is 0. The van der Waals surface area contributed by atoms with Crippen LogP contribution in [0, 0.1) is 10.8 Å². The lowest BCUT2D eigenvalue weighted by Crippen LogP contribution is -2.62. The van der Waals surface area contributed by atoms with E-state index in [1.807, 2.05) is 166 Å². The third-order valence-corrected chi connectivity index (χ3v) is 11.8. The highest BCUT2D eigenvalue weighted by Crippen LogP contribution is 2.51. The van der Waals surface area contributed by atoms with Crippen molar-refractivity contribution in [2.24, 2.45) is 10.8 Å². The molecule has 6 nitrogen and oxygen atoms in total. The molecule has 2 aliphatic rings. The predicted molar refractivity (Wildman–Crippen MR) is 254 cm³/mol. The van der Waals surface area contributed by atoms with Crippen molar-refractivity contribution >= 4 is 12.6 Å². The quantitative estimate of drug-likeness (QED) is 0.0700. The highest BCUT2D eigenvalue weighted by molar-refractivity contribution is 5.66. The minimum Gasteiger partial charge on any atom is -0.387 e. The number of hydrogen-bond donors (Lipinski definition) is 4. The third kappa shape index (κ3) is 16.9. The number of rotatable bonds is 16. The first kappa shape index (κ1) is 53.6. The molecule has 0 spiro atoms. The van der Waals surface area contributed by atoms with Gasteiger partial charge in [-0.1, -0.05) is 171 Å². The van der Waals surface area contributed by atoms with Crippen LogP contribution in [0.4, 0.5) is 0 Å². The first-order chi connectivity index (χ1) is 27.9. The summed E-state index contributed by atoms with van der Waals surface area (Å²) in [6.07, 6.45) is 47.7. The highest BCUT2D eigenvalue weighted by atomic mass is 16.4. The molecule has 0 aromatic rings. The molecule has 0 aromatic heterocycles. The van der Waals surface area contributed by atoms with E-state index in [0.717, 1.165) is 71.7 Å². The Labute approximate surface area is 363 Å². The summed E-state index contributed by atoms with van der Waals surface area (Å²) in [6, 6.07) is 0. The molecule has 2 aliphatic carbocycles. The Balaban J connectivity index is 0.000000600. The van der Waals surface area contributed by atoms with Crippen LogP contribution in [0.2, 0.25) is 0 Å². The van der Waals surface area contributed by atoms with E-state index in [1.54, 1.807) is 38.2 Å². The molecule has 4 N–H and O–H groups in total. The van der Waals surface area contributed by atoms with Gasteiger partial charge in [-0.25, -0.2) is 0 Å². The number of aldehydes is 2. The minimum atomic E-state index is -1.26. The summed E-state index contributed by atoms with van der Waals surface area (Å²) in [5, 5.41) is 44.1. The Hall–Kier alpha value is -4.46. The second-order valence-electron chi connectivity index (χ2n) is 18.2. The van der Waals surface area contributed by atoms with E-state index in [2.05, 4.69) is 0 Å². The van der Waals surface area contributed by atoms with Gasteiger partial charge in [0.1, 0.15) is 23.8 Å². The van der Waals surface area contributed by atoms with Gasteiger partial charge >= 0.3 is 0 Å². The molecule has 2 rings (SSSR count). The van der Waals surface area contributed by atoms with Crippen LogP contribution in [0.3, 0.4) is 0 Å². The maximum atomic E-state index is 11.3. The lowest BCUT2D eigenvalue weighted by atomic mass is 9.58. The highest BCUT2D eigenvalue weighted by Gasteiger charge is 2.57. The number of hydrogen-bond acceptors (Lipinski definition) is 6. The topological polar surface area (TPSA) is 115 Å². The minimum absolute atomic E-state index is 0.386. The van der Waals surface area contributed by atoms with Crippen molar-refractivity contribution in [1.82, 2.24) is 0 Å². The third-order valence-electron chi connectivity index (χ3n) is 11.8. The van der Waals surface area contributed by atoms with Gasteiger partial charge in [-0.05, 0) is 129 Å². The van der Waals surface area contributed by atoms with Crippen LogP contribution in [0.1, 0.15) is 122 Å². The van der Waals surface area contributed by atoms with Gasteiger partial charge in [0.2, 0.25) is 0 Å². The average Bonchev–Trinajstić information content (AvgIpc) is 3.16. The van der Waals surface area contributed by atoms with Crippen LogP contribution >= 0.6 is 0 Å². The maximum absolute atomic E-state index is 11.3. The molecule has 0 saturated heterocycles. The summed E-state index contributed by atoms with van der Waals surface area (Å²) in [4.78, 5) is 20.6. The van der Waals surface area contributed by atoms with E-state index in [-0.39, 0.29) is 10.8 Å². The molecule has 2 fully saturated rings. The summed E-state index contributed by atoms with van der Waals surface area (Å²) in [6.45, 7) is 23.4. The van der Waals surface area contributed by atoms with E-state index in [0.29, 0.717) is 12.8 Å². The monoisotopic (exact) mass is 821 g/mol. The van der Waals surface area contributed by atoms with Crippen molar-refractivity contribution in [2.75, 3.05) is 0 Å². The van der Waals surface area contributed by atoms with Gasteiger partial charge in [0.25, 0.3) is 0 Å². The molecule has 2 saturated carbocycles.